The third-order valence-electron chi connectivity index (χ3n) is 1.67. The highest BCUT2D eigenvalue weighted by Crippen LogP contribution is 2.08. The Kier molecular flexibility index (Phi) is 6.14. The van der Waals surface area contributed by atoms with E-state index in [1.807, 2.05) is 6.92 Å². The van der Waals surface area contributed by atoms with Gasteiger partial charge in [0.15, 0.2) is 0 Å². The first-order chi connectivity index (χ1) is 4.85. The molecule has 0 fully saturated rings. The van der Waals surface area contributed by atoms with Gasteiger partial charge in [-0.05, 0) is 26.0 Å². The van der Waals surface area contributed by atoms with Gasteiger partial charge in [-0.25, -0.2) is 0 Å². The van der Waals surface area contributed by atoms with Crippen molar-refractivity contribution in [3.05, 3.63) is 12.2 Å². The maximum atomic E-state index is 3.88. The molecule has 1 unspecified atom stereocenters. The molecule has 10 heavy (non-hydrogen) atoms. The average Bonchev–Trinajstić information content (AvgIpc) is 1.98. The fraction of sp³-hybridized carbons (Fsp3) is 0.667. The molecule has 0 aliphatic rings. The number of allylic oxidation sites excluding steroid dienone is 2. The van der Waals surface area contributed by atoms with Crippen LogP contribution in [0.4, 0.5) is 0 Å². The molecule has 0 aromatic carbocycles. The molecule has 1 heteroatoms. The van der Waals surface area contributed by atoms with E-state index in [2.05, 4.69) is 30.8 Å². The van der Waals surface area contributed by atoms with E-state index in [-0.39, 0.29) is 0 Å². The molecule has 0 spiro atoms. The zero-order chi connectivity index (χ0) is 7.82. The molecule has 0 amide bonds. The number of rotatable bonds is 5. The van der Waals surface area contributed by atoms with E-state index in [1.165, 1.54) is 6.42 Å². The summed E-state index contributed by atoms with van der Waals surface area (Å²) in [5.41, 5.74) is 0. The summed E-state index contributed by atoms with van der Waals surface area (Å²) in [6.45, 7) is 8.63. The molecular formula is C9H17N. The van der Waals surface area contributed by atoms with E-state index in [9.17, 15) is 0 Å². The number of hydrogen-bond acceptors (Lipinski definition) is 1. The Morgan fingerprint density at radius 2 is 2.30 bits per heavy atom. The van der Waals surface area contributed by atoms with Crippen LogP contribution in [0.25, 0.3) is 0 Å². The summed E-state index contributed by atoms with van der Waals surface area (Å²) in [5.74, 6) is 0.702. The molecule has 0 aliphatic carbocycles. The molecular weight excluding hydrogens is 122 g/mol. The van der Waals surface area contributed by atoms with E-state index < -0.39 is 0 Å². The van der Waals surface area contributed by atoms with Crippen molar-refractivity contribution in [2.75, 3.05) is 6.54 Å². The minimum absolute atomic E-state index is 0.702. The monoisotopic (exact) mass is 139 g/mol. The minimum atomic E-state index is 0.702. The predicted molar refractivity (Wildman–Crippen MR) is 47.6 cm³/mol. The Morgan fingerprint density at radius 3 is 2.70 bits per heavy atom. The van der Waals surface area contributed by atoms with Gasteiger partial charge in [-0.3, -0.25) is 0 Å². The van der Waals surface area contributed by atoms with Crippen LogP contribution in [0.2, 0.25) is 0 Å². The summed E-state index contributed by atoms with van der Waals surface area (Å²) in [6.07, 6.45) is 6.63. The van der Waals surface area contributed by atoms with Crippen LogP contribution in [0, 0.1) is 5.92 Å². The summed E-state index contributed by atoms with van der Waals surface area (Å²) >= 11 is 0. The number of aliphatic imine (C=N–C) groups is 1. The van der Waals surface area contributed by atoms with Gasteiger partial charge in [0.1, 0.15) is 0 Å². The van der Waals surface area contributed by atoms with Gasteiger partial charge < -0.3 is 4.99 Å². The van der Waals surface area contributed by atoms with Gasteiger partial charge in [-0.15, -0.1) is 0 Å². The summed E-state index contributed by atoms with van der Waals surface area (Å²) in [6, 6.07) is 0. The topological polar surface area (TPSA) is 12.4 Å². The second-order valence-electron chi connectivity index (χ2n) is 2.49. The lowest BCUT2D eigenvalue weighted by atomic mass is 10.0. The van der Waals surface area contributed by atoms with Crippen molar-refractivity contribution in [2.45, 2.75) is 26.7 Å². The van der Waals surface area contributed by atoms with Crippen LogP contribution in [-0.2, 0) is 0 Å². The lowest BCUT2D eigenvalue weighted by molar-refractivity contribution is 0.531. The van der Waals surface area contributed by atoms with Gasteiger partial charge in [-0.2, -0.15) is 0 Å². The Labute approximate surface area is 63.9 Å². The highest BCUT2D eigenvalue weighted by molar-refractivity contribution is 5.23. The first kappa shape index (κ1) is 9.41. The normalized spacial score (nSPS) is 13.8. The van der Waals surface area contributed by atoms with E-state index in [4.69, 9.17) is 0 Å². The Hall–Kier alpha value is -0.590. The fourth-order valence-electron chi connectivity index (χ4n) is 0.881. The molecule has 0 saturated heterocycles. The van der Waals surface area contributed by atoms with Crippen molar-refractivity contribution in [2.24, 2.45) is 10.9 Å². The predicted octanol–water partition coefficient (Wildman–Crippen LogP) is 2.68. The van der Waals surface area contributed by atoms with Gasteiger partial charge in [0.05, 0.1) is 0 Å². The number of nitrogens with zero attached hydrogens (tertiary/aromatic N) is 1. The summed E-state index contributed by atoms with van der Waals surface area (Å²) in [5, 5.41) is 0. The van der Waals surface area contributed by atoms with Crippen LogP contribution >= 0.6 is 0 Å². The van der Waals surface area contributed by atoms with Gasteiger partial charge in [0.2, 0.25) is 0 Å². The molecule has 0 rings (SSSR count). The average molecular weight is 139 g/mol. The van der Waals surface area contributed by atoms with Crippen molar-refractivity contribution in [1.29, 1.82) is 0 Å². The van der Waals surface area contributed by atoms with Crippen molar-refractivity contribution in [3.8, 4) is 0 Å². The Bertz CT molecular complexity index is 105. The molecule has 0 bridgehead atoms. The second-order valence-corrected chi connectivity index (χ2v) is 2.49. The van der Waals surface area contributed by atoms with Crippen LogP contribution in [0.3, 0.4) is 0 Å². The van der Waals surface area contributed by atoms with Gasteiger partial charge in [0.25, 0.3) is 0 Å². The zero-order valence-electron chi connectivity index (χ0n) is 7.01. The van der Waals surface area contributed by atoms with E-state index >= 15 is 0 Å². The molecule has 0 N–H and O–H groups in total. The third-order valence-corrected chi connectivity index (χ3v) is 1.67. The second kappa shape index (κ2) is 6.53. The highest BCUT2D eigenvalue weighted by atomic mass is 14.7. The van der Waals surface area contributed by atoms with Gasteiger partial charge >= 0.3 is 0 Å². The summed E-state index contributed by atoms with van der Waals surface area (Å²) in [4.78, 5) is 3.88. The SMILES string of the molecule is C=NCC(CC)C/C=C\C. The lowest BCUT2D eigenvalue weighted by Crippen LogP contribution is -2.00. The third kappa shape index (κ3) is 4.30. The largest absolute Gasteiger partial charge is 0.301 e. The maximum Gasteiger partial charge on any atom is 0.0413 e. The number of hydrogen-bond donors (Lipinski definition) is 0. The van der Waals surface area contributed by atoms with Crippen molar-refractivity contribution in [1.82, 2.24) is 0 Å². The smallest absolute Gasteiger partial charge is 0.0413 e. The quantitative estimate of drug-likeness (QED) is 0.410. The molecule has 1 atom stereocenters. The van der Waals surface area contributed by atoms with E-state index in [1.54, 1.807) is 0 Å². The molecule has 0 aromatic rings. The van der Waals surface area contributed by atoms with Crippen LogP contribution in [0.15, 0.2) is 17.1 Å². The fourth-order valence-corrected chi connectivity index (χ4v) is 0.881. The molecule has 58 valence electrons. The minimum Gasteiger partial charge on any atom is -0.301 e. The summed E-state index contributed by atoms with van der Waals surface area (Å²) in [7, 11) is 0. The molecule has 0 saturated carbocycles. The van der Waals surface area contributed by atoms with Gasteiger partial charge in [0, 0.05) is 6.54 Å². The molecule has 0 aliphatic heterocycles. The molecule has 0 heterocycles. The standard InChI is InChI=1S/C9H17N/c1-4-6-7-9(5-2)8-10-3/h4,6,9H,3,5,7-8H2,1-2H3/b6-4-. The van der Waals surface area contributed by atoms with Crippen LogP contribution < -0.4 is 0 Å². The van der Waals surface area contributed by atoms with Crippen molar-refractivity contribution < 1.29 is 0 Å². The molecule has 0 radical (unpaired) electrons. The van der Waals surface area contributed by atoms with E-state index in [0.717, 1.165) is 13.0 Å². The molecule has 1 nitrogen and oxygen atoms in total. The Balaban J connectivity index is 3.48. The van der Waals surface area contributed by atoms with Crippen molar-refractivity contribution in [3.63, 3.8) is 0 Å². The van der Waals surface area contributed by atoms with Crippen LogP contribution in [-0.4, -0.2) is 13.3 Å². The first-order valence-electron chi connectivity index (χ1n) is 3.88. The molecule has 0 aromatic heterocycles. The van der Waals surface area contributed by atoms with Crippen LogP contribution in [0.1, 0.15) is 26.7 Å². The van der Waals surface area contributed by atoms with Crippen molar-refractivity contribution >= 4 is 6.72 Å². The highest BCUT2D eigenvalue weighted by Gasteiger charge is 2.00. The lowest BCUT2D eigenvalue weighted by Gasteiger charge is -2.07. The van der Waals surface area contributed by atoms with Crippen LogP contribution in [0.5, 0.6) is 0 Å². The summed E-state index contributed by atoms with van der Waals surface area (Å²) < 4.78 is 0. The maximum absolute atomic E-state index is 3.88. The zero-order valence-corrected chi connectivity index (χ0v) is 7.01. The first-order valence-corrected chi connectivity index (χ1v) is 3.88. The Morgan fingerprint density at radius 1 is 1.60 bits per heavy atom. The van der Waals surface area contributed by atoms with E-state index in [0.29, 0.717) is 5.92 Å². The van der Waals surface area contributed by atoms with Gasteiger partial charge in [-0.1, -0.05) is 25.5 Å².